The lowest BCUT2D eigenvalue weighted by Gasteiger charge is -2.08. The lowest BCUT2D eigenvalue weighted by atomic mass is 10.3. The van der Waals surface area contributed by atoms with Crippen molar-refractivity contribution in [2.24, 2.45) is 0 Å². The van der Waals surface area contributed by atoms with Crippen LogP contribution in [0.1, 0.15) is 33.1 Å². The molecule has 1 atom stereocenters. The van der Waals surface area contributed by atoms with Crippen molar-refractivity contribution in [3.8, 4) is 0 Å². The van der Waals surface area contributed by atoms with Gasteiger partial charge < -0.3 is 20.1 Å². The van der Waals surface area contributed by atoms with Crippen molar-refractivity contribution in [3.63, 3.8) is 0 Å². The smallest absolute Gasteiger partial charge is 0.450 e. The van der Waals surface area contributed by atoms with Gasteiger partial charge in [0.1, 0.15) is 6.10 Å². The van der Waals surface area contributed by atoms with Gasteiger partial charge in [0.2, 0.25) is 0 Å². The second-order valence-electron chi connectivity index (χ2n) is 2.67. The Labute approximate surface area is 84.3 Å². The molecule has 1 unspecified atom stereocenters. The van der Waals surface area contributed by atoms with Crippen LogP contribution in [0, 0.1) is 0 Å². The number of unbranched alkanes of at least 4 members (excludes halogenated alkanes) is 1. The minimum Gasteiger partial charge on any atom is -0.450 e. The normalized spacial score (nSPS) is 11.1. The first-order valence-electron chi connectivity index (χ1n) is 4.73. The van der Waals surface area contributed by atoms with Crippen LogP contribution >= 0.6 is 0 Å². The van der Waals surface area contributed by atoms with Crippen molar-refractivity contribution in [2.45, 2.75) is 39.2 Å². The molecular weight excluding hydrogens is 188 g/mol. The van der Waals surface area contributed by atoms with Gasteiger partial charge in [-0.3, -0.25) is 0 Å². The third-order valence-electron chi connectivity index (χ3n) is 1.44. The number of aliphatic hydroxyl groups excluding tert-OH is 2. The predicted octanol–water partition coefficient (Wildman–Crippen LogP) is 1.23. The summed E-state index contributed by atoms with van der Waals surface area (Å²) in [6, 6.07) is 0. The molecule has 0 aromatic rings. The molecular formula is C9H20O5. The fraction of sp³-hybridized carbons (Fsp3) is 0.889. The standard InChI is InChI=1S/C5H10O4.C4H10O/c1-2-4(3-6)9-5(7)8;1-2-3-4-5/h4,6H,2-3H2,1H3,(H,7,8);5H,2-4H2,1H3. The molecule has 0 spiro atoms. The predicted molar refractivity (Wildman–Crippen MR) is 52.3 cm³/mol. The summed E-state index contributed by atoms with van der Waals surface area (Å²) in [4.78, 5) is 9.79. The molecule has 0 aliphatic carbocycles. The zero-order valence-corrected chi connectivity index (χ0v) is 8.77. The first kappa shape index (κ1) is 15.7. The fourth-order valence-corrected chi connectivity index (χ4v) is 0.550. The minimum atomic E-state index is -1.34. The molecule has 3 N–H and O–H groups in total. The van der Waals surface area contributed by atoms with E-state index >= 15 is 0 Å². The Morgan fingerprint density at radius 3 is 2.00 bits per heavy atom. The van der Waals surface area contributed by atoms with Crippen molar-refractivity contribution in [1.82, 2.24) is 0 Å². The van der Waals surface area contributed by atoms with Crippen molar-refractivity contribution in [2.75, 3.05) is 13.2 Å². The van der Waals surface area contributed by atoms with Gasteiger partial charge >= 0.3 is 6.16 Å². The minimum absolute atomic E-state index is 0.247. The third-order valence-corrected chi connectivity index (χ3v) is 1.44. The molecule has 0 aliphatic heterocycles. The zero-order valence-electron chi connectivity index (χ0n) is 8.77. The molecule has 86 valence electrons. The lowest BCUT2D eigenvalue weighted by Crippen LogP contribution is -2.19. The molecule has 0 aromatic heterocycles. The van der Waals surface area contributed by atoms with E-state index in [2.05, 4.69) is 11.7 Å². The molecule has 0 fully saturated rings. The Bertz CT molecular complexity index is 120. The monoisotopic (exact) mass is 208 g/mol. The Hall–Kier alpha value is -0.810. The zero-order chi connectivity index (χ0) is 11.4. The van der Waals surface area contributed by atoms with Crippen LogP contribution in [0.15, 0.2) is 0 Å². The lowest BCUT2D eigenvalue weighted by molar-refractivity contribution is 0.0226. The summed E-state index contributed by atoms with van der Waals surface area (Å²) in [7, 11) is 0. The number of hydrogen-bond acceptors (Lipinski definition) is 4. The molecule has 0 bridgehead atoms. The van der Waals surface area contributed by atoms with Gasteiger partial charge in [0.05, 0.1) is 6.61 Å². The van der Waals surface area contributed by atoms with E-state index in [1.54, 1.807) is 6.92 Å². The highest BCUT2D eigenvalue weighted by Gasteiger charge is 2.07. The van der Waals surface area contributed by atoms with Gasteiger partial charge in [-0.2, -0.15) is 0 Å². The summed E-state index contributed by atoms with van der Waals surface area (Å²) >= 11 is 0. The van der Waals surface area contributed by atoms with Crippen LogP contribution in [0.4, 0.5) is 4.79 Å². The molecule has 0 rings (SSSR count). The first-order valence-corrected chi connectivity index (χ1v) is 4.73. The van der Waals surface area contributed by atoms with Gasteiger partial charge in [0, 0.05) is 6.61 Å². The average molecular weight is 208 g/mol. The van der Waals surface area contributed by atoms with Crippen LogP contribution in [-0.2, 0) is 4.74 Å². The highest BCUT2D eigenvalue weighted by atomic mass is 16.7. The summed E-state index contributed by atoms with van der Waals surface area (Å²) < 4.78 is 4.22. The topological polar surface area (TPSA) is 87.0 Å². The Morgan fingerprint density at radius 1 is 1.36 bits per heavy atom. The maximum absolute atomic E-state index is 9.79. The molecule has 5 nitrogen and oxygen atoms in total. The summed E-state index contributed by atoms with van der Waals surface area (Å²) in [5, 5.41) is 24.5. The van der Waals surface area contributed by atoms with Crippen molar-refractivity contribution >= 4 is 6.16 Å². The molecule has 0 amide bonds. The first-order chi connectivity index (χ1) is 6.62. The van der Waals surface area contributed by atoms with Crippen LogP contribution in [0.25, 0.3) is 0 Å². The molecule has 5 heteroatoms. The Morgan fingerprint density at radius 2 is 1.93 bits per heavy atom. The van der Waals surface area contributed by atoms with Crippen molar-refractivity contribution in [3.05, 3.63) is 0 Å². The van der Waals surface area contributed by atoms with Crippen LogP contribution in [0.2, 0.25) is 0 Å². The van der Waals surface area contributed by atoms with E-state index in [4.69, 9.17) is 15.3 Å². The highest BCUT2D eigenvalue weighted by Crippen LogP contribution is 1.95. The maximum Gasteiger partial charge on any atom is 0.506 e. The maximum atomic E-state index is 9.79. The Kier molecular flexibility index (Phi) is 13.6. The average Bonchev–Trinajstić information content (AvgIpc) is 2.16. The quantitative estimate of drug-likeness (QED) is 0.591. The highest BCUT2D eigenvalue weighted by molar-refractivity contribution is 5.57. The third kappa shape index (κ3) is 13.8. The second-order valence-corrected chi connectivity index (χ2v) is 2.67. The number of ether oxygens (including phenoxy) is 1. The van der Waals surface area contributed by atoms with E-state index in [0.29, 0.717) is 13.0 Å². The molecule has 0 saturated carbocycles. The molecule has 0 heterocycles. The van der Waals surface area contributed by atoms with Gasteiger partial charge in [-0.1, -0.05) is 20.3 Å². The molecule has 14 heavy (non-hydrogen) atoms. The summed E-state index contributed by atoms with van der Waals surface area (Å²) in [5.41, 5.74) is 0. The number of carbonyl (C=O) groups is 1. The summed E-state index contributed by atoms with van der Waals surface area (Å²) in [6.07, 6.45) is 0.637. The van der Waals surface area contributed by atoms with Gasteiger partial charge in [0.15, 0.2) is 0 Å². The molecule has 0 radical (unpaired) electrons. The van der Waals surface area contributed by atoms with Gasteiger partial charge in [0.25, 0.3) is 0 Å². The van der Waals surface area contributed by atoms with Crippen LogP contribution in [0.5, 0.6) is 0 Å². The molecule has 0 saturated heterocycles. The summed E-state index contributed by atoms with van der Waals surface area (Å²) in [6.45, 7) is 3.89. The van der Waals surface area contributed by atoms with E-state index in [1.165, 1.54) is 0 Å². The number of carboxylic acid groups (broad SMARTS) is 1. The Balaban J connectivity index is 0. The van der Waals surface area contributed by atoms with E-state index < -0.39 is 12.3 Å². The number of rotatable bonds is 5. The molecule has 0 aromatic carbocycles. The van der Waals surface area contributed by atoms with Crippen molar-refractivity contribution in [1.29, 1.82) is 0 Å². The second kappa shape index (κ2) is 12.2. The van der Waals surface area contributed by atoms with Crippen LogP contribution in [0.3, 0.4) is 0 Å². The van der Waals surface area contributed by atoms with Gasteiger partial charge in [-0.15, -0.1) is 0 Å². The fourth-order valence-electron chi connectivity index (χ4n) is 0.550. The van der Waals surface area contributed by atoms with Crippen LogP contribution < -0.4 is 0 Å². The van der Waals surface area contributed by atoms with E-state index in [1.807, 2.05) is 0 Å². The van der Waals surface area contributed by atoms with E-state index in [0.717, 1.165) is 12.8 Å². The molecule has 0 aliphatic rings. The summed E-state index contributed by atoms with van der Waals surface area (Å²) in [5.74, 6) is 0. The number of hydrogen-bond donors (Lipinski definition) is 3. The van der Waals surface area contributed by atoms with Crippen LogP contribution in [-0.4, -0.2) is 40.8 Å². The van der Waals surface area contributed by atoms with Gasteiger partial charge in [-0.05, 0) is 12.8 Å². The van der Waals surface area contributed by atoms with E-state index in [-0.39, 0.29) is 6.61 Å². The SMILES string of the molecule is CCC(CO)OC(=O)O.CCCCO. The van der Waals surface area contributed by atoms with E-state index in [9.17, 15) is 4.79 Å². The largest absolute Gasteiger partial charge is 0.506 e. The number of aliphatic hydroxyl groups is 2. The van der Waals surface area contributed by atoms with Crippen molar-refractivity contribution < 1.29 is 24.9 Å². The van der Waals surface area contributed by atoms with Gasteiger partial charge in [-0.25, -0.2) is 4.79 Å².